The van der Waals surface area contributed by atoms with E-state index in [0.717, 1.165) is 32.7 Å². The van der Waals surface area contributed by atoms with Crippen molar-refractivity contribution >= 4 is 6.09 Å². The fourth-order valence-corrected chi connectivity index (χ4v) is 1.98. The molecular formula is C18H24FN3O2U. The molecule has 25 heavy (non-hydrogen) atoms. The number of carbonyl (C=O) groups excluding carboxylic acids is 1. The Morgan fingerprint density at radius 2 is 2.00 bits per heavy atom. The van der Waals surface area contributed by atoms with E-state index in [9.17, 15) is 9.18 Å². The average molecular weight is 571 g/mol. The van der Waals surface area contributed by atoms with Gasteiger partial charge in [-0.15, -0.1) is 30.8 Å². The van der Waals surface area contributed by atoms with Gasteiger partial charge in [0.2, 0.25) is 0 Å². The number of ether oxygens (including phenoxy) is 1. The second kappa shape index (κ2) is 11.5. The molecule has 1 fully saturated rings. The molecule has 1 heterocycles. The van der Waals surface area contributed by atoms with Gasteiger partial charge in [0.05, 0.1) is 0 Å². The molecule has 2 rings (SSSR count). The van der Waals surface area contributed by atoms with Crippen LogP contribution in [0.1, 0.15) is 26.3 Å². The molecule has 5 nitrogen and oxygen atoms in total. The second-order valence-corrected chi connectivity index (χ2v) is 6.31. The van der Waals surface area contributed by atoms with E-state index in [1.807, 2.05) is 20.8 Å². The molecule has 1 aromatic carbocycles. The summed E-state index contributed by atoms with van der Waals surface area (Å²) in [6.07, 6.45) is -0.203. The van der Waals surface area contributed by atoms with Crippen molar-refractivity contribution in [3.8, 4) is 6.07 Å². The Balaban J connectivity index is 0.000000495. The number of hydrogen-bond donors (Lipinski definition) is 0. The fraction of sp³-hybridized carbons (Fsp3) is 0.500. The van der Waals surface area contributed by atoms with Crippen molar-refractivity contribution in [1.82, 2.24) is 9.80 Å². The maximum atomic E-state index is 12.3. The van der Waals surface area contributed by atoms with Crippen LogP contribution in [0.3, 0.4) is 0 Å². The van der Waals surface area contributed by atoms with Gasteiger partial charge < -0.3 is 21.5 Å². The van der Waals surface area contributed by atoms with Crippen LogP contribution in [-0.2, 0) is 4.74 Å². The molecule has 0 N–H and O–H groups in total. The molecule has 134 valence electrons. The maximum absolute atomic E-state index is 12.3. The summed E-state index contributed by atoms with van der Waals surface area (Å²) in [5.41, 5.74) is -0.432. The van der Waals surface area contributed by atoms with Crippen molar-refractivity contribution in [2.24, 2.45) is 0 Å². The van der Waals surface area contributed by atoms with Crippen molar-refractivity contribution < 1.29 is 45.0 Å². The molecule has 0 unspecified atom stereocenters. The number of hydrogen-bond acceptors (Lipinski definition) is 4. The van der Waals surface area contributed by atoms with Gasteiger partial charge in [0, 0.05) is 32.0 Å². The SMILES string of the molecule is N#Cc1[c-]cccc1F.[CH2-]CN1CCN(C(=O)OC(C)(C)C)CC1.[U+2]. The molecule has 0 saturated carbocycles. The minimum Gasteiger partial charge on any atom is -0.444 e. The van der Waals surface area contributed by atoms with Gasteiger partial charge in [-0.25, -0.2) is 4.79 Å². The minimum atomic E-state index is -0.514. The molecule has 0 spiro atoms. The fourth-order valence-electron chi connectivity index (χ4n) is 1.98. The summed E-state index contributed by atoms with van der Waals surface area (Å²) in [7, 11) is 0. The molecule has 1 saturated heterocycles. The van der Waals surface area contributed by atoms with Gasteiger partial charge in [0.25, 0.3) is 0 Å². The van der Waals surface area contributed by atoms with Crippen LogP contribution in [0.5, 0.6) is 0 Å². The van der Waals surface area contributed by atoms with E-state index in [-0.39, 0.29) is 42.8 Å². The smallest absolute Gasteiger partial charge is 0.444 e. The van der Waals surface area contributed by atoms with E-state index in [1.165, 1.54) is 18.2 Å². The van der Waals surface area contributed by atoms with Crippen LogP contribution in [0, 0.1) is 61.3 Å². The summed E-state index contributed by atoms with van der Waals surface area (Å²) >= 11 is 0. The summed E-state index contributed by atoms with van der Waals surface area (Å²) in [5.74, 6) is -0.514. The Morgan fingerprint density at radius 1 is 1.40 bits per heavy atom. The molecule has 1 aliphatic rings. The van der Waals surface area contributed by atoms with Crippen LogP contribution < -0.4 is 0 Å². The van der Waals surface area contributed by atoms with Crippen LogP contribution >= 0.6 is 0 Å². The van der Waals surface area contributed by atoms with Crippen molar-refractivity contribution in [2.45, 2.75) is 26.4 Å². The van der Waals surface area contributed by atoms with Crippen molar-refractivity contribution in [3.63, 3.8) is 0 Å². The van der Waals surface area contributed by atoms with E-state index in [0.29, 0.717) is 0 Å². The molecule has 0 bridgehead atoms. The van der Waals surface area contributed by atoms with Crippen LogP contribution in [0.15, 0.2) is 18.2 Å². The number of nitrogens with zero attached hydrogens (tertiary/aromatic N) is 3. The van der Waals surface area contributed by atoms with E-state index in [4.69, 9.17) is 10.00 Å². The second-order valence-electron chi connectivity index (χ2n) is 6.31. The molecule has 0 radical (unpaired) electrons. The van der Waals surface area contributed by atoms with E-state index >= 15 is 0 Å². The van der Waals surface area contributed by atoms with Crippen molar-refractivity contribution in [3.05, 3.63) is 42.6 Å². The van der Waals surface area contributed by atoms with Gasteiger partial charge in [-0.3, -0.25) is 9.65 Å². The standard InChI is InChI=1S/C11H21N2O2.C7H3FN.U/c1-5-12-6-8-13(9-7-12)10(14)15-11(2,3)4;8-7-4-2-1-3-6(7)5-9;/h1,5-9H2,2-4H3;1-2,4H;/q2*-1;+2. The summed E-state index contributed by atoms with van der Waals surface area (Å²) in [6.45, 7) is 13.6. The van der Waals surface area contributed by atoms with Crippen LogP contribution in [0.2, 0.25) is 0 Å². The summed E-state index contributed by atoms with van der Waals surface area (Å²) in [6, 6.07) is 8.34. The Labute approximate surface area is 173 Å². The molecule has 1 amide bonds. The number of piperazine rings is 1. The molecule has 7 heteroatoms. The maximum Gasteiger partial charge on any atom is 2.00 e. The van der Waals surface area contributed by atoms with Gasteiger partial charge in [-0.05, 0) is 32.4 Å². The zero-order valence-electron chi connectivity index (χ0n) is 15.0. The van der Waals surface area contributed by atoms with Crippen LogP contribution in [-0.4, -0.2) is 54.2 Å². The Bertz CT molecular complexity index is 576. The molecule has 0 aliphatic carbocycles. The largest absolute Gasteiger partial charge is 2.00 e. The summed E-state index contributed by atoms with van der Waals surface area (Å²) < 4.78 is 17.6. The summed E-state index contributed by atoms with van der Waals surface area (Å²) in [4.78, 5) is 15.7. The number of rotatable bonds is 1. The van der Waals surface area contributed by atoms with Crippen LogP contribution in [0.4, 0.5) is 9.18 Å². The van der Waals surface area contributed by atoms with Gasteiger partial charge in [0.15, 0.2) is 0 Å². The normalized spacial score (nSPS) is 14.5. The summed E-state index contributed by atoms with van der Waals surface area (Å²) in [5, 5.41) is 8.20. The van der Waals surface area contributed by atoms with Crippen LogP contribution in [0.25, 0.3) is 0 Å². The molecule has 1 aromatic rings. The Hall–Kier alpha value is -1.08. The first-order chi connectivity index (χ1) is 11.3. The third-order valence-corrected chi connectivity index (χ3v) is 3.26. The molecule has 0 aromatic heterocycles. The Kier molecular flexibility index (Phi) is 11.0. The monoisotopic (exact) mass is 571 g/mol. The third kappa shape index (κ3) is 9.26. The van der Waals surface area contributed by atoms with Gasteiger partial charge >= 0.3 is 37.2 Å². The zero-order chi connectivity index (χ0) is 18.2. The van der Waals surface area contributed by atoms with E-state index < -0.39 is 11.4 Å². The Morgan fingerprint density at radius 3 is 2.40 bits per heavy atom. The van der Waals surface area contributed by atoms with Gasteiger partial charge in [0.1, 0.15) is 5.60 Å². The molecule has 1 aliphatic heterocycles. The first kappa shape index (κ1) is 23.9. The topological polar surface area (TPSA) is 56.6 Å². The van der Waals surface area contributed by atoms with E-state index in [1.54, 1.807) is 11.0 Å². The number of amides is 1. The molecular weight excluding hydrogens is 547 g/mol. The predicted octanol–water partition coefficient (Wildman–Crippen LogP) is 2.87. The zero-order valence-corrected chi connectivity index (χ0v) is 19.2. The van der Waals surface area contributed by atoms with Crippen molar-refractivity contribution in [2.75, 3.05) is 32.7 Å². The first-order valence-corrected chi connectivity index (χ1v) is 7.82. The van der Waals surface area contributed by atoms with Crippen molar-refractivity contribution in [1.29, 1.82) is 5.26 Å². The average Bonchev–Trinajstić information content (AvgIpc) is 2.54. The minimum absolute atomic E-state index is 0. The number of halogens is 1. The van der Waals surface area contributed by atoms with E-state index in [2.05, 4.69) is 17.9 Å². The van der Waals surface area contributed by atoms with Gasteiger partial charge in [-0.2, -0.15) is 0 Å². The number of nitriles is 1. The number of benzene rings is 1. The number of carbonyl (C=O) groups is 1. The first-order valence-electron chi connectivity index (χ1n) is 7.82. The molecule has 0 atom stereocenters. The quantitative estimate of drug-likeness (QED) is 0.487. The van der Waals surface area contributed by atoms with Gasteiger partial charge in [-0.1, -0.05) is 0 Å². The third-order valence-electron chi connectivity index (χ3n) is 3.26. The predicted molar refractivity (Wildman–Crippen MR) is 89.6 cm³/mol.